The quantitative estimate of drug-likeness (QED) is 0.265. The highest BCUT2D eigenvalue weighted by atomic mass is 19.4. The molecule has 3 aromatic rings. The average molecular weight is 619 g/mol. The van der Waals surface area contributed by atoms with Crippen molar-refractivity contribution in [3.8, 4) is 5.88 Å². The number of nitrogens with zero attached hydrogens (tertiary/aromatic N) is 6. The number of piperidine rings is 1. The molecule has 1 amide bonds. The van der Waals surface area contributed by atoms with Crippen molar-refractivity contribution in [2.24, 2.45) is 11.8 Å². The van der Waals surface area contributed by atoms with Crippen molar-refractivity contribution in [2.45, 2.75) is 77.7 Å². The number of ether oxygens (including phenoxy) is 1. The summed E-state index contributed by atoms with van der Waals surface area (Å²) in [5.74, 6) is 0.357. The molecule has 6 rings (SSSR count). The number of hydrogen-bond acceptors (Lipinski definition) is 6. The van der Waals surface area contributed by atoms with Gasteiger partial charge in [0.1, 0.15) is 18.0 Å². The number of carbonyl (C=O) groups excluding carboxylic acids is 1. The third-order valence-electron chi connectivity index (χ3n) is 9.07. The van der Waals surface area contributed by atoms with Crippen LogP contribution in [0.3, 0.4) is 0 Å². The van der Waals surface area contributed by atoms with E-state index in [1.54, 1.807) is 25.1 Å². The van der Waals surface area contributed by atoms with E-state index in [4.69, 9.17) is 4.74 Å². The molecule has 2 aromatic heterocycles. The van der Waals surface area contributed by atoms with Gasteiger partial charge in [0.05, 0.1) is 24.1 Å². The number of likely N-dealkylation sites (tertiary alicyclic amines) is 1. The lowest BCUT2D eigenvalue weighted by Crippen LogP contribution is -2.43. The fourth-order valence-electron chi connectivity index (χ4n) is 7.22. The Labute approximate surface area is 252 Å². The first-order valence-electron chi connectivity index (χ1n) is 15.0. The van der Waals surface area contributed by atoms with E-state index in [9.17, 15) is 26.7 Å². The van der Waals surface area contributed by atoms with Crippen LogP contribution in [0.2, 0.25) is 0 Å². The van der Waals surface area contributed by atoms with Crippen LogP contribution in [0.5, 0.6) is 5.88 Å². The number of rotatable bonds is 8. The summed E-state index contributed by atoms with van der Waals surface area (Å²) in [4.78, 5) is 21.7. The molecular formula is C31H35F5N6O2. The van der Waals surface area contributed by atoms with Crippen molar-refractivity contribution in [3.05, 3.63) is 64.2 Å². The highest BCUT2D eigenvalue weighted by molar-refractivity contribution is 6.10. The summed E-state index contributed by atoms with van der Waals surface area (Å²) in [7, 11) is 0. The van der Waals surface area contributed by atoms with Gasteiger partial charge in [-0.25, -0.2) is 0 Å². The summed E-state index contributed by atoms with van der Waals surface area (Å²) in [5.41, 5.74) is -0.922. The van der Waals surface area contributed by atoms with Gasteiger partial charge in [-0.1, -0.05) is 13.8 Å². The molecule has 0 bridgehead atoms. The Balaban J connectivity index is 1.40. The number of pyridine rings is 1. The van der Waals surface area contributed by atoms with Gasteiger partial charge in [0.15, 0.2) is 0 Å². The zero-order valence-electron chi connectivity index (χ0n) is 24.9. The van der Waals surface area contributed by atoms with Gasteiger partial charge in [0.25, 0.3) is 5.91 Å². The summed E-state index contributed by atoms with van der Waals surface area (Å²) in [5, 5.41) is 7.79. The van der Waals surface area contributed by atoms with Crippen LogP contribution >= 0.6 is 0 Å². The Bertz CT molecular complexity index is 1550. The summed E-state index contributed by atoms with van der Waals surface area (Å²) in [6.45, 7) is 4.81. The minimum absolute atomic E-state index is 0.00512. The van der Waals surface area contributed by atoms with Crippen LogP contribution in [0.1, 0.15) is 91.4 Å². The normalized spacial score (nSPS) is 24.1. The molecule has 8 nitrogen and oxygen atoms in total. The first-order valence-corrected chi connectivity index (χ1v) is 15.0. The maximum absolute atomic E-state index is 14.4. The van der Waals surface area contributed by atoms with Gasteiger partial charge in [-0.2, -0.15) is 26.9 Å². The van der Waals surface area contributed by atoms with Crippen LogP contribution in [-0.4, -0.2) is 50.3 Å². The summed E-state index contributed by atoms with van der Waals surface area (Å²) < 4.78 is 77.5. The van der Waals surface area contributed by atoms with E-state index in [1.165, 1.54) is 4.90 Å². The van der Waals surface area contributed by atoms with Crippen molar-refractivity contribution in [2.75, 3.05) is 24.6 Å². The van der Waals surface area contributed by atoms with Gasteiger partial charge in [-0.3, -0.25) is 19.2 Å². The number of aromatic nitrogens is 4. The van der Waals surface area contributed by atoms with E-state index in [0.717, 1.165) is 42.9 Å². The standard InChI is InChI=1S/C31H35F5N6O2/c1-4-44-26-11-21(30(12-19(3)13-30)28-39-37-17-42(28)29(32)33)10-25(38-26)41-16-23-22(27(41)43)8-20(9-24(23)31(34,35)36)15-40-7-5-6-18(2)14-40/h8-11,17-19,29H,4-7,12-16H2,1-3H3/t18-,19?,30?/m0/s1. The number of carbonyl (C=O) groups is 1. The van der Waals surface area contributed by atoms with Gasteiger partial charge >= 0.3 is 12.7 Å². The first-order chi connectivity index (χ1) is 20.9. The molecule has 0 N–H and O–H groups in total. The maximum Gasteiger partial charge on any atom is 0.416 e. The van der Waals surface area contributed by atoms with Crippen molar-refractivity contribution in [1.82, 2.24) is 24.6 Å². The number of anilines is 1. The molecule has 1 saturated heterocycles. The van der Waals surface area contributed by atoms with E-state index in [2.05, 4.69) is 27.0 Å². The van der Waals surface area contributed by atoms with E-state index < -0.39 is 29.6 Å². The second kappa shape index (κ2) is 11.4. The lowest BCUT2D eigenvalue weighted by Gasteiger charge is -2.46. The van der Waals surface area contributed by atoms with Crippen LogP contribution in [0, 0.1) is 11.8 Å². The molecule has 3 aliphatic rings. The summed E-state index contributed by atoms with van der Waals surface area (Å²) >= 11 is 0. The molecule has 1 atom stereocenters. The molecule has 1 aliphatic carbocycles. The molecule has 236 valence electrons. The number of benzene rings is 1. The fourth-order valence-corrected chi connectivity index (χ4v) is 7.22. The topological polar surface area (TPSA) is 76.4 Å². The molecular weight excluding hydrogens is 583 g/mol. The minimum atomic E-state index is -4.66. The van der Waals surface area contributed by atoms with Crippen LogP contribution in [0.15, 0.2) is 30.6 Å². The number of halogens is 5. The van der Waals surface area contributed by atoms with E-state index in [-0.39, 0.29) is 47.7 Å². The summed E-state index contributed by atoms with van der Waals surface area (Å²) in [6.07, 6.45) is -0.654. The van der Waals surface area contributed by atoms with Gasteiger partial charge in [0.2, 0.25) is 5.88 Å². The zero-order valence-corrected chi connectivity index (χ0v) is 24.9. The van der Waals surface area contributed by atoms with Gasteiger partial charge in [-0.15, -0.1) is 10.2 Å². The SMILES string of the molecule is CCOc1cc(C2(c3nncn3C(F)F)CC(C)C2)cc(N2Cc3c(cc(CN4CCC[C@H](C)C4)cc3C(F)(F)F)C2=O)n1. The minimum Gasteiger partial charge on any atom is -0.478 e. The van der Waals surface area contributed by atoms with Crippen molar-refractivity contribution in [1.29, 1.82) is 0 Å². The number of hydrogen-bond donors (Lipinski definition) is 0. The van der Waals surface area contributed by atoms with Gasteiger partial charge in [-0.05, 0) is 85.9 Å². The Kier molecular flexibility index (Phi) is 7.87. The lowest BCUT2D eigenvalue weighted by molar-refractivity contribution is -0.138. The van der Waals surface area contributed by atoms with E-state index >= 15 is 0 Å². The predicted molar refractivity (Wildman–Crippen MR) is 151 cm³/mol. The Morgan fingerprint density at radius 3 is 2.55 bits per heavy atom. The molecule has 0 spiro atoms. The van der Waals surface area contributed by atoms with E-state index in [1.807, 2.05) is 6.92 Å². The predicted octanol–water partition coefficient (Wildman–Crippen LogP) is 6.59. The molecule has 2 aliphatic heterocycles. The fraction of sp³-hybridized carbons (Fsp3) is 0.548. The van der Waals surface area contributed by atoms with E-state index in [0.29, 0.717) is 36.4 Å². The average Bonchev–Trinajstić information content (AvgIpc) is 3.56. The molecule has 4 heterocycles. The highest BCUT2D eigenvalue weighted by Gasteiger charge is 2.50. The van der Waals surface area contributed by atoms with Crippen LogP contribution in [0.25, 0.3) is 0 Å². The molecule has 2 fully saturated rings. The monoisotopic (exact) mass is 618 g/mol. The third kappa shape index (κ3) is 5.43. The molecule has 44 heavy (non-hydrogen) atoms. The van der Waals surface area contributed by atoms with Crippen LogP contribution in [-0.2, 0) is 24.7 Å². The largest absolute Gasteiger partial charge is 0.478 e. The van der Waals surface area contributed by atoms with Gasteiger partial charge in [0, 0.05) is 24.7 Å². The second-order valence-electron chi connectivity index (χ2n) is 12.5. The van der Waals surface area contributed by atoms with Gasteiger partial charge < -0.3 is 4.74 Å². The first kappa shape index (κ1) is 30.4. The smallest absolute Gasteiger partial charge is 0.416 e. The second-order valence-corrected chi connectivity index (χ2v) is 12.5. The Hall–Kier alpha value is -3.61. The molecule has 0 unspecified atom stereocenters. The number of amides is 1. The molecule has 1 saturated carbocycles. The van der Waals surface area contributed by atoms with Crippen molar-refractivity contribution in [3.63, 3.8) is 0 Å². The van der Waals surface area contributed by atoms with Crippen LogP contribution < -0.4 is 9.64 Å². The molecule has 1 aromatic carbocycles. The summed E-state index contributed by atoms with van der Waals surface area (Å²) in [6, 6.07) is 5.95. The van der Waals surface area contributed by atoms with Crippen molar-refractivity contribution < 1.29 is 31.5 Å². The Morgan fingerprint density at radius 1 is 1.11 bits per heavy atom. The number of fused-ring (bicyclic) bond motifs is 1. The molecule has 0 radical (unpaired) electrons. The number of alkyl halides is 5. The highest BCUT2D eigenvalue weighted by Crippen LogP contribution is 2.53. The Morgan fingerprint density at radius 2 is 1.89 bits per heavy atom. The van der Waals surface area contributed by atoms with Crippen LogP contribution in [0.4, 0.5) is 27.8 Å². The lowest BCUT2D eigenvalue weighted by atomic mass is 9.58. The zero-order chi connectivity index (χ0) is 31.4. The maximum atomic E-state index is 14.4. The third-order valence-corrected chi connectivity index (χ3v) is 9.07. The molecule has 13 heteroatoms. The van der Waals surface area contributed by atoms with Crippen molar-refractivity contribution >= 4 is 11.7 Å².